The Labute approximate surface area is 129 Å². The van der Waals surface area contributed by atoms with Crippen molar-refractivity contribution in [1.82, 2.24) is 9.59 Å². The van der Waals surface area contributed by atoms with Gasteiger partial charge in [-0.3, -0.25) is 14.4 Å². The molecule has 0 aliphatic heterocycles. The Balaban J connectivity index is 2.07. The first kappa shape index (κ1) is 14.9. The summed E-state index contributed by atoms with van der Waals surface area (Å²) in [6.07, 6.45) is 0.265. The number of carbonyl (C=O) groups excluding carboxylic acids is 3. The number of halogens is 1. The van der Waals surface area contributed by atoms with Crippen LogP contribution < -0.4 is 0 Å². The van der Waals surface area contributed by atoms with Gasteiger partial charge in [0.05, 0.1) is 10.3 Å². The zero-order chi connectivity index (χ0) is 16.1. The summed E-state index contributed by atoms with van der Waals surface area (Å²) in [5.41, 5.74) is -0.327. The second-order valence-electron chi connectivity index (χ2n) is 6.29. The Morgan fingerprint density at radius 1 is 1.27 bits per heavy atom. The van der Waals surface area contributed by atoms with Gasteiger partial charge in [0.15, 0.2) is 17.3 Å². The monoisotopic (exact) mass is 320 g/mol. The lowest BCUT2D eigenvalue weighted by Gasteiger charge is -2.31. The Morgan fingerprint density at radius 2 is 1.91 bits per heavy atom. The number of Topliss-reactive ketones (excluding diaryl/α,β-unsaturated/α-hetero) is 3. The van der Waals surface area contributed by atoms with Gasteiger partial charge in [-0.2, -0.15) is 0 Å². The lowest BCUT2D eigenvalue weighted by atomic mass is 9.69. The van der Waals surface area contributed by atoms with Crippen molar-refractivity contribution in [1.29, 1.82) is 0 Å². The average Bonchev–Trinajstić information content (AvgIpc) is 2.83. The zero-order valence-corrected chi connectivity index (χ0v) is 12.9. The highest BCUT2D eigenvalue weighted by atomic mass is 32.1. The maximum atomic E-state index is 14.1. The molecule has 3 rings (SSSR count). The number of ketones is 3. The van der Waals surface area contributed by atoms with Crippen molar-refractivity contribution >= 4 is 39.1 Å². The molecule has 0 spiro atoms. The Kier molecular flexibility index (Phi) is 3.40. The van der Waals surface area contributed by atoms with E-state index < -0.39 is 34.5 Å². The van der Waals surface area contributed by atoms with E-state index in [1.165, 1.54) is 6.07 Å². The number of hydrogen-bond donors (Lipinski definition) is 0. The third-order valence-electron chi connectivity index (χ3n) is 3.82. The van der Waals surface area contributed by atoms with E-state index in [1.807, 2.05) is 0 Å². The van der Waals surface area contributed by atoms with Crippen molar-refractivity contribution in [3.05, 3.63) is 23.5 Å². The molecule has 1 aliphatic carbocycles. The summed E-state index contributed by atoms with van der Waals surface area (Å²) in [6.45, 7) is 3.61. The minimum absolute atomic E-state index is 0.133. The fraction of sp³-hybridized carbons (Fsp3) is 0.400. The summed E-state index contributed by atoms with van der Waals surface area (Å²) >= 11 is 0.878. The van der Waals surface area contributed by atoms with Crippen LogP contribution in [-0.2, 0) is 9.59 Å². The molecule has 0 radical (unpaired) electrons. The van der Waals surface area contributed by atoms with Crippen LogP contribution in [0.5, 0.6) is 0 Å². The summed E-state index contributed by atoms with van der Waals surface area (Å²) in [6, 6.07) is 2.53. The lowest BCUT2D eigenvalue weighted by Crippen LogP contribution is -2.42. The van der Waals surface area contributed by atoms with E-state index in [0.29, 0.717) is 5.52 Å². The van der Waals surface area contributed by atoms with Crippen molar-refractivity contribution in [2.24, 2.45) is 11.3 Å². The molecule has 2 aromatic rings. The van der Waals surface area contributed by atoms with Gasteiger partial charge in [-0.15, -0.1) is 5.10 Å². The van der Waals surface area contributed by atoms with E-state index in [4.69, 9.17) is 0 Å². The molecule has 22 heavy (non-hydrogen) atoms. The molecule has 114 valence electrons. The summed E-state index contributed by atoms with van der Waals surface area (Å²) in [5.74, 6) is -3.83. The topological polar surface area (TPSA) is 77.0 Å². The van der Waals surface area contributed by atoms with Crippen LogP contribution in [0.15, 0.2) is 12.1 Å². The fourth-order valence-corrected chi connectivity index (χ4v) is 3.58. The molecular formula is C15H13FN2O3S. The molecular weight excluding hydrogens is 307 g/mol. The van der Waals surface area contributed by atoms with Gasteiger partial charge in [-0.1, -0.05) is 18.3 Å². The number of rotatable bonds is 2. The van der Waals surface area contributed by atoms with E-state index in [-0.39, 0.29) is 23.1 Å². The number of hydrogen-bond acceptors (Lipinski definition) is 6. The highest BCUT2D eigenvalue weighted by molar-refractivity contribution is 7.13. The molecule has 7 heteroatoms. The smallest absolute Gasteiger partial charge is 0.185 e. The third kappa shape index (κ3) is 2.35. The van der Waals surface area contributed by atoms with Crippen molar-refractivity contribution in [2.75, 3.05) is 0 Å². The van der Waals surface area contributed by atoms with E-state index in [9.17, 15) is 18.8 Å². The summed E-state index contributed by atoms with van der Waals surface area (Å²) in [4.78, 5) is 37.1. The number of carbonyl (C=O) groups is 3. The number of benzene rings is 1. The van der Waals surface area contributed by atoms with Crippen molar-refractivity contribution < 1.29 is 18.8 Å². The normalized spacial score (nSPS) is 18.9. The molecule has 0 amide bonds. The van der Waals surface area contributed by atoms with Gasteiger partial charge in [-0.05, 0) is 29.1 Å². The van der Waals surface area contributed by atoms with Crippen LogP contribution >= 0.6 is 11.5 Å². The highest BCUT2D eigenvalue weighted by Gasteiger charge is 2.44. The van der Waals surface area contributed by atoms with Gasteiger partial charge in [0.25, 0.3) is 0 Å². The van der Waals surface area contributed by atoms with Crippen LogP contribution in [-0.4, -0.2) is 26.9 Å². The number of aromatic nitrogens is 2. The fourth-order valence-electron chi connectivity index (χ4n) is 2.88. The maximum Gasteiger partial charge on any atom is 0.185 e. The van der Waals surface area contributed by atoms with E-state index in [0.717, 1.165) is 17.6 Å². The summed E-state index contributed by atoms with van der Waals surface area (Å²) in [7, 11) is 0. The lowest BCUT2D eigenvalue weighted by molar-refractivity contribution is -0.137. The van der Waals surface area contributed by atoms with Crippen molar-refractivity contribution in [2.45, 2.75) is 26.7 Å². The van der Waals surface area contributed by atoms with Gasteiger partial charge in [-0.25, -0.2) is 4.39 Å². The first-order valence-electron chi connectivity index (χ1n) is 6.80. The SMILES string of the molecule is CC1(C)CC(=O)C(C(=O)c2c(F)ccc3nnsc23)C(=O)C1. The molecule has 0 atom stereocenters. The van der Waals surface area contributed by atoms with Gasteiger partial charge in [0.2, 0.25) is 0 Å². The Bertz CT molecular complexity index is 792. The van der Waals surface area contributed by atoms with E-state index in [2.05, 4.69) is 9.59 Å². The largest absolute Gasteiger partial charge is 0.298 e. The Hall–Kier alpha value is -2.02. The Morgan fingerprint density at radius 3 is 2.55 bits per heavy atom. The molecule has 1 aliphatic rings. The molecule has 0 unspecified atom stereocenters. The number of fused-ring (bicyclic) bond motifs is 1. The van der Waals surface area contributed by atoms with Crippen LogP contribution in [0.2, 0.25) is 0 Å². The van der Waals surface area contributed by atoms with Gasteiger partial charge in [0, 0.05) is 12.8 Å². The second-order valence-corrected chi connectivity index (χ2v) is 7.05. The average molecular weight is 320 g/mol. The van der Waals surface area contributed by atoms with Crippen LogP contribution in [0.1, 0.15) is 37.0 Å². The third-order valence-corrected chi connectivity index (χ3v) is 4.58. The quantitative estimate of drug-likeness (QED) is 0.628. The minimum Gasteiger partial charge on any atom is -0.298 e. The molecule has 1 aromatic heterocycles. The second kappa shape index (κ2) is 5.01. The first-order valence-corrected chi connectivity index (χ1v) is 7.58. The zero-order valence-electron chi connectivity index (χ0n) is 12.1. The molecule has 1 heterocycles. The maximum absolute atomic E-state index is 14.1. The van der Waals surface area contributed by atoms with E-state index >= 15 is 0 Å². The molecule has 0 saturated heterocycles. The van der Waals surface area contributed by atoms with Crippen molar-refractivity contribution in [3.63, 3.8) is 0 Å². The highest BCUT2D eigenvalue weighted by Crippen LogP contribution is 2.36. The standard InChI is InChI=1S/C15H13FN2O3S/c1-15(2)5-9(19)12(10(20)6-15)13(21)11-7(16)3-4-8-14(11)22-18-17-8/h3-4,12H,5-6H2,1-2H3. The van der Waals surface area contributed by atoms with Gasteiger partial charge < -0.3 is 0 Å². The molecule has 0 bridgehead atoms. The predicted octanol–water partition coefficient (Wildman–Crippen LogP) is 2.59. The molecule has 1 aromatic carbocycles. The van der Waals surface area contributed by atoms with Crippen molar-refractivity contribution in [3.8, 4) is 0 Å². The molecule has 5 nitrogen and oxygen atoms in total. The van der Waals surface area contributed by atoms with E-state index in [1.54, 1.807) is 13.8 Å². The molecule has 0 N–H and O–H groups in total. The van der Waals surface area contributed by atoms with Crippen LogP contribution in [0, 0.1) is 17.2 Å². The van der Waals surface area contributed by atoms with Crippen LogP contribution in [0.4, 0.5) is 4.39 Å². The van der Waals surface area contributed by atoms with Crippen LogP contribution in [0.25, 0.3) is 10.2 Å². The molecule has 1 fully saturated rings. The van der Waals surface area contributed by atoms with Gasteiger partial charge in [0.1, 0.15) is 17.3 Å². The van der Waals surface area contributed by atoms with Crippen LogP contribution in [0.3, 0.4) is 0 Å². The number of nitrogens with zero attached hydrogens (tertiary/aromatic N) is 2. The van der Waals surface area contributed by atoms with Gasteiger partial charge >= 0.3 is 0 Å². The minimum atomic E-state index is -1.41. The first-order chi connectivity index (χ1) is 10.3. The predicted molar refractivity (Wildman–Crippen MR) is 78.2 cm³/mol. The summed E-state index contributed by atoms with van der Waals surface area (Å²) in [5, 5.41) is 3.79. The summed E-state index contributed by atoms with van der Waals surface area (Å²) < 4.78 is 18.1. The molecule has 1 saturated carbocycles.